The fourth-order valence-corrected chi connectivity index (χ4v) is 3.20. The molecule has 0 saturated heterocycles. The number of methoxy groups -OCH3 is 1. The van der Waals surface area contributed by atoms with Crippen molar-refractivity contribution >= 4 is 17.3 Å². The van der Waals surface area contributed by atoms with Crippen molar-refractivity contribution in [3.8, 4) is 0 Å². The van der Waals surface area contributed by atoms with Gasteiger partial charge in [-0.15, -0.1) is 11.3 Å². The first kappa shape index (κ1) is 15.4. The molecule has 20 heavy (non-hydrogen) atoms. The summed E-state index contributed by atoms with van der Waals surface area (Å²) >= 11 is 1.43. The monoisotopic (exact) mass is 297 g/mol. The van der Waals surface area contributed by atoms with E-state index in [0.29, 0.717) is 4.88 Å². The van der Waals surface area contributed by atoms with Gasteiger partial charge in [0.2, 0.25) is 0 Å². The number of nitrogens with zero attached hydrogens (tertiary/aromatic N) is 1. The summed E-state index contributed by atoms with van der Waals surface area (Å²) in [6.07, 6.45) is 5.65. The Hall–Kier alpha value is -0.940. The lowest BCUT2D eigenvalue weighted by molar-refractivity contribution is -0.0146. The van der Waals surface area contributed by atoms with Crippen molar-refractivity contribution in [2.24, 2.45) is 0 Å². The molecule has 1 fully saturated rings. The zero-order valence-corrected chi connectivity index (χ0v) is 13.5. The summed E-state index contributed by atoms with van der Waals surface area (Å²) in [4.78, 5) is 17.1. The summed E-state index contributed by atoms with van der Waals surface area (Å²) in [5.41, 5.74) is -0.0326. The van der Waals surface area contributed by atoms with Crippen LogP contribution in [0, 0.1) is 0 Å². The molecule has 1 aromatic rings. The molecule has 4 nitrogen and oxygen atoms in total. The first-order valence-corrected chi connectivity index (χ1v) is 7.92. The Labute approximate surface area is 124 Å². The van der Waals surface area contributed by atoms with Crippen LogP contribution in [0.25, 0.3) is 0 Å². The first-order chi connectivity index (χ1) is 9.40. The molecule has 0 spiro atoms. The van der Waals surface area contributed by atoms with E-state index in [1.54, 1.807) is 13.3 Å². The van der Waals surface area contributed by atoms with Crippen molar-refractivity contribution in [2.45, 2.75) is 64.1 Å². The van der Waals surface area contributed by atoms with E-state index in [1.165, 1.54) is 11.3 Å². The molecule has 0 aliphatic heterocycles. The van der Waals surface area contributed by atoms with E-state index in [1.807, 2.05) is 0 Å². The second-order valence-electron chi connectivity index (χ2n) is 6.33. The standard InChI is InChI=1S/C15H23NO3S/c1-15(2,3)14-16-9-12(20-14)13(17)19-11-7-5-6-10(8-11)18-4/h9-11H,5-8H2,1-4H3/t10-,11+/m1/s1. The van der Waals surface area contributed by atoms with Crippen molar-refractivity contribution in [3.63, 3.8) is 0 Å². The number of carbonyl (C=O) groups is 1. The summed E-state index contributed by atoms with van der Waals surface area (Å²) in [7, 11) is 1.72. The van der Waals surface area contributed by atoms with Crippen LogP contribution in [0.5, 0.6) is 0 Å². The molecule has 0 aromatic carbocycles. The highest BCUT2D eigenvalue weighted by Gasteiger charge is 2.27. The number of rotatable bonds is 3. The number of hydrogen-bond donors (Lipinski definition) is 0. The second kappa shape index (κ2) is 6.22. The van der Waals surface area contributed by atoms with Gasteiger partial charge in [0.05, 0.1) is 17.3 Å². The summed E-state index contributed by atoms with van der Waals surface area (Å²) < 4.78 is 10.9. The van der Waals surface area contributed by atoms with E-state index in [2.05, 4.69) is 25.8 Å². The van der Waals surface area contributed by atoms with E-state index in [9.17, 15) is 4.79 Å². The highest BCUT2D eigenvalue weighted by Crippen LogP contribution is 2.28. The smallest absolute Gasteiger partial charge is 0.350 e. The van der Waals surface area contributed by atoms with E-state index >= 15 is 0 Å². The van der Waals surface area contributed by atoms with Gasteiger partial charge in [0.15, 0.2) is 0 Å². The van der Waals surface area contributed by atoms with Crippen LogP contribution in [0.2, 0.25) is 0 Å². The van der Waals surface area contributed by atoms with Crippen molar-refractivity contribution in [3.05, 3.63) is 16.1 Å². The normalized spacial score (nSPS) is 23.6. The number of aromatic nitrogens is 1. The summed E-state index contributed by atoms with van der Waals surface area (Å²) in [6.45, 7) is 6.27. The number of thiazole rings is 1. The van der Waals surface area contributed by atoms with Gasteiger partial charge in [-0.3, -0.25) is 0 Å². The third-order valence-corrected chi connectivity index (χ3v) is 4.94. The molecule has 0 amide bonds. The topological polar surface area (TPSA) is 48.4 Å². The van der Waals surface area contributed by atoms with Gasteiger partial charge >= 0.3 is 5.97 Å². The Bertz CT molecular complexity index is 464. The van der Waals surface area contributed by atoms with Crippen LogP contribution in [-0.2, 0) is 14.9 Å². The molecular formula is C15H23NO3S. The van der Waals surface area contributed by atoms with Gasteiger partial charge in [-0.2, -0.15) is 0 Å². The van der Waals surface area contributed by atoms with Gasteiger partial charge in [0.25, 0.3) is 0 Å². The van der Waals surface area contributed by atoms with E-state index in [0.717, 1.165) is 30.7 Å². The molecule has 1 heterocycles. The fraction of sp³-hybridized carbons (Fsp3) is 0.733. The quantitative estimate of drug-likeness (QED) is 0.800. The molecular weight excluding hydrogens is 274 g/mol. The van der Waals surface area contributed by atoms with Gasteiger partial charge < -0.3 is 9.47 Å². The molecule has 2 rings (SSSR count). The molecule has 1 aliphatic carbocycles. The van der Waals surface area contributed by atoms with Crippen LogP contribution in [0.4, 0.5) is 0 Å². The summed E-state index contributed by atoms with van der Waals surface area (Å²) in [5, 5.41) is 0.961. The van der Waals surface area contributed by atoms with Crippen LogP contribution in [0.3, 0.4) is 0 Å². The Morgan fingerprint density at radius 1 is 1.35 bits per heavy atom. The average molecular weight is 297 g/mol. The number of ether oxygens (including phenoxy) is 2. The lowest BCUT2D eigenvalue weighted by atomic mass is 9.95. The predicted molar refractivity (Wildman–Crippen MR) is 79.3 cm³/mol. The first-order valence-electron chi connectivity index (χ1n) is 7.10. The molecule has 1 saturated carbocycles. The lowest BCUT2D eigenvalue weighted by Gasteiger charge is -2.27. The van der Waals surface area contributed by atoms with Gasteiger partial charge in [-0.25, -0.2) is 9.78 Å². The molecule has 0 unspecified atom stereocenters. The molecule has 1 aliphatic rings. The number of esters is 1. The van der Waals surface area contributed by atoms with E-state index < -0.39 is 0 Å². The Morgan fingerprint density at radius 2 is 2.05 bits per heavy atom. The highest BCUT2D eigenvalue weighted by molar-refractivity contribution is 7.13. The predicted octanol–water partition coefficient (Wildman–Crippen LogP) is 3.56. The maximum absolute atomic E-state index is 12.2. The van der Waals surface area contributed by atoms with Crippen LogP contribution >= 0.6 is 11.3 Å². The third-order valence-electron chi connectivity index (χ3n) is 3.53. The molecule has 0 N–H and O–H groups in total. The minimum absolute atomic E-state index is 0.0265. The highest BCUT2D eigenvalue weighted by atomic mass is 32.1. The number of carbonyl (C=O) groups excluding carboxylic acids is 1. The van der Waals surface area contributed by atoms with Gasteiger partial charge in [0.1, 0.15) is 11.0 Å². The molecule has 2 atom stereocenters. The maximum atomic E-state index is 12.2. The zero-order valence-electron chi connectivity index (χ0n) is 12.6. The fourth-order valence-electron chi connectivity index (χ4n) is 2.35. The Balaban J connectivity index is 1.96. The van der Waals surface area contributed by atoms with Crippen molar-refractivity contribution < 1.29 is 14.3 Å². The minimum atomic E-state index is -0.250. The molecule has 0 bridgehead atoms. The van der Waals surface area contributed by atoms with Crippen LogP contribution in [0.15, 0.2) is 6.20 Å². The van der Waals surface area contributed by atoms with Gasteiger partial charge in [-0.1, -0.05) is 20.8 Å². The van der Waals surface area contributed by atoms with E-state index in [-0.39, 0.29) is 23.6 Å². The van der Waals surface area contributed by atoms with Gasteiger partial charge in [-0.05, 0) is 19.3 Å². The molecule has 1 aromatic heterocycles. The van der Waals surface area contributed by atoms with Crippen LogP contribution in [-0.4, -0.2) is 30.3 Å². The van der Waals surface area contributed by atoms with Crippen molar-refractivity contribution in [2.75, 3.05) is 7.11 Å². The number of hydrogen-bond acceptors (Lipinski definition) is 5. The summed E-state index contributed by atoms with van der Waals surface area (Å²) in [6, 6.07) is 0. The summed E-state index contributed by atoms with van der Waals surface area (Å²) in [5.74, 6) is -0.250. The van der Waals surface area contributed by atoms with Gasteiger partial charge in [0, 0.05) is 18.9 Å². The third kappa shape index (κ3) is 3.79. The zero-order chi connectivity index (χ0) is 14.8. The molecule has 5 heteroatoms. The molecule has 0 radical (unpaired) electrons. The lowest BCUT2D eigenvalue weighted by Crippen LogP contribution is -2.29. The van der Waals surface area contributed by atoms with E-state index in [4.69, 9.17) is 9.47 Å². The SMILES string of the molecule is CO[C@@H]1CCC[C@H](OC(=O)c2cnc(C(C)(C)C)s2)C1. The van der Waals surface area contributed by atoms with Crippen LogP contribution < -0.4 is 0 Å². The Morgan fingerprint density at radius 3 is 2.65 bits per heavy atom. The Kier molecular flexibility index (Phi) is 4.81. The molecule has 112 valence electrons. The minimum Gasteiger partial charge on any atom is -0.458 e. The average Bonchev–Trinajstić information content (AvgIpc) is 2.88. The second-order valence-corrected chi connectivity index (χ2v) is 7.36. The van der Waals surface area contributed by atoms with Crippen molar-refractivity contribution in [1.29, 1.82) is 0 Å². The van der Waals surface area contributed by atoms with Crippen molar-refractivity contribution in [1.82, 2.24) is 4.98 Å². The maximum Gasteiger partial charge on any atom is 0.350 e. The largest absolute Gasteiger partial charge is 0.458 e. The van der Waals surface area contributed by atoms with Crippen LogP contribution in [0.1, 0.15) is 61.1 Å².